The van der Waals surface area contributed by atoms with Crippen LogP contribution in [0.15, 0.2) is 23.2 Å². The quantitative estimate of drug-likeness (QED) is 0.318. The summed E-state index contributed by atoms with van der Waals surface area (Å²) in [6, 6.07) is 6.96. The van der Waals surface area contributed by atoms with E-state index in [1.807, 2.05) is 0 Å². The Kier molecular flexibility index (Phi) is 11.6. The fourth-order valence-corrected chi connectivity index (χ4v) is 3.77. The molecule has 1 atom stereocenters. The Bertz CT molecular complexity index is 657. The standard InChI is InChI=1S/C22H37N5O.HI/c1-6-27-14-8-11-19(27)15-24-22(25-16-21(28)26(4)5)23-13-12-20-17(2)9-7-10-18(20)3;/h7,9-10,19H,6,8,11-16H2,1-5H3,(H2,23,24,25);1H. The molecular formula is C22H38IN5O. The first kappa shape index (κ1) is 25.7. The molecule has 1 unspecified atom stereocenters. The second kappa shape index (κ2) is 13.1. The van der Waals surface area contributed by atoms with Crippen LogP contribution in [-0.2, 0) is 11.2 Å². The van der Waals surface area contributed by atoms with E-state index in [2.05, 4.69) is 59.5 Å². The van der Waals surface area contributed by atoms with Crippen LogP contribution in [0.3, 0.4) is 0 Å². The average Bonchev–Trinajstić information content (AvgIpc) is 3.12. The van der Waals surface area contributed by atoms with Gasteiger partial charge in [0, 0.05) is 33.2 Å². The molecule has 1 amide bonds. The fourth-order valence-electron chi connectivity index (χ4n) is 3.77. The number of halogens is 1. The van der Waals surface area contributed by atoms with Crippen molar-refractivity contribution in [1.29, 1.82) is 0 Å². The van der Waals surface area contributed by atoms with Gasteiger partial charge in [0.25, 0.3) is 0 Å². The van der Waals surface area contributed by atoms with Crippen molar-refractivity contribution in [3.63, 3.8) is 0 Å². The number of rotatable bonds is 8. The number of likely N-dealkylation sites (N-methyl/N-ethyl adjacent to an activating group) is 2. The number of guanidine groups is 1. The molecule has 1 aromatic rings. The van der Waals surface area contributed by atoms with Gasteiger partial charge in [0.2, 0.25) is 5.91 Å². The number of hydrogen-bond acceptors (Lipinski definition) is 3. The van der Waals surface area contributed by atoms with Crippen LogP contribution in [-0.4, -0.2) is 74.5 Å². The van der Waals surface area contributed by atoms with Crippen molar-refractivity contribution in [1.82, 2.24) is 20.4 Å². The number of likely N-dealkylation sites (tertiary alicyclic amines) is 1. The molecule has 0 radical (unpaired) electrons. The van der Waals surface area contributed by atoms with Crippen molar-refractivity contribution in [3.8, 4) is 0 Å². The molecule has 1 aliphatic heterocycles. The van der Waals surface area contributed by atoms with E-state index < -0.39 is 0 Å². The van der Waals surface area contributed by atoms with Gasteiger partial charge in [-0.05, 0) is 62.9 Å². The monoisotopic (exact) mass is 515 g/mol. The predicted octanol–water partition coefficient (Wildman–Crippen LogP) is 2.57. The van der Waals surface area contributed by atoms with E-state index in [0.29, 0.717) is 6.04 Å². The summed E-state index contributed by atoms with van der Waals surface area (Å²) in [5.41, 5.74) is 4.02. The van der Waals surface area contributed by atoms with E-state index in [1.165, 1.54) is 36.1 Å². The average molecular weight is 515 g/mol. The van der Waals surface area contributed by atoms with Crippen molar-refractivity contribution in [2.45, 2.75) is 46.1 Å². The lowest BCUT2D eigenvalue weighted by Gasteiger charge is -2.24. The maximum atomic E-state index is 11.9. The molecule has 0 saturated carbocycles. The van der Waals surface area contributed by atoms with Gasteiger partial charge in [0.05, 0.1) is 0 Å². The summed E-state index contributed by atoms with van der Waals surface area (Å²) >= 11 is 0. The number of amides is 1. The minimum atomic E-state index is 0. The number of aryl methyl sites for hydroxylation is 2. The first-order valence-corrected chi connectivity index (χ1v) is 10.4. The molecule has 0 spiro atoms. The summed E-state index contributed by atoms with van der Waals surface area (Å²) < 4.78 is 0. The topological polar surface area (TPSA) is 60.0 Å². The van der Waals surface area contributed by atoms with Crippen LogP contribution in [0, 0.1) is 13.8 Å². The highest BCUT2D eigenvalue weighted by molar-refractivity contribution is 14.0. The van der Waals surface area contributed by atoms with E-state index in [-0.39, 0.29) is 36.4 Å². The summed E-state index contributed by atoms with van der Waals surface area (Å²) in [6.45, 7) is 10.6. The number of hydrogen-bond donors (Lipinski definition) is 2. The smallest absolute Gasteiger partial charge is 0.243 e. The first-order chi connectivity index (χ1) is 13.4. The van der Waals surface area contributed by atoms with Gasteiger partial charge in [-0.1, -0.05) is 25.1 Å². The molecule has 164 valence electrons. The van der Waals surface area contributed by atoms with Crippen molar-refractivity contribution in [2.24, 2.45) is 4.99 Å². The molecule has 1 heterocycles. The Balaban J connectivity index is 0.00000420. The minimum Gasteiger partial charge on any atom is -0.356 e. The fraction of sp³-hybridized carbons (Fsp3) is 0.636. The normalized spacial score (nSPS) is 17.0. The van der Waals surface area contributed by atoms with Gasteiger partial charge in [-0.25, -0.2) is 4.99 Å². The summed E-state index contributed by atoms with van der Waals surface area (Å²) in [5.74, 6) is 0.733. The van der Waals surface area contributed by atoms with E-state index in [0.717, 1.165) is 32.0 Å². The minimum absolute atomic E-state index is 0. The highest BCUT2D eigenvalue weighted by atomic mass is 127. The Morgan fingerprint density at radius 2 is 1.93 bits per heavy atom. The molecule has 0 aliphatic carbocycles. The van der Waals surface area contributed by atoms with E-state index in [9.17, 15) is 4.79 Å². The first-order valence-electron chi connectivity index (χ1n) is 10.4. The number of nitrogens with one attached hydrogen (secondary N) is 2. The van der Waals surface area contributed by atoms with Crippen molar-refractivity contribution in [3.05, 3.63) is 34.9 Å². The lowest BCUT2D eigenvalue weighted by atomic mass is 10.0. The number of benzene rings is 1. The SMILES string of the molecule is CCN1CCCC1CNC(=NCC(=O)N(C)C)NCCc1c(C)cccc1C.I. The number of aliphatic imine (C=N–C) groups is 1. The van der Waals surface area contributed by atoms with Gasteiger partial charge in [-0.3, -0.25) is 9.69 Å². The van der Waals surface area contributed by atoms with E-state index in [4.69, 9.17) is 0 Å². The number of nitrogens with zero attached hydrogens (tertiary/aromatic N) is 3. The molecule has 1 fully saturated rings. The summed E-state index contributed by atoms with van der Waals surface area (Å²) in [5, 5.41) is 6.89. The van der Waals surface area contributed by atoms with Crippen LogP contribution in [0.25, 0.3) is 0 Å². The Hall–Kier alpha value is -1.35. The molecule has 2 N–H and O–H groups in total. The van der Waals surface area contributed by atoms with Crippen LogP contribution in [0.4, 0.5) is 0 Å². The highest BCUT2D eigenvalue weighted by Gasteiger charge is 2.22. The van der Waals surface area contributed by atoms with Crippen LogP contribution in [0.2, 0.25) is 0 Å². The molecule has 0 aromatic heterocycles. The molecule has 1 saturated heterocycles. The van der Waals surface area contributed by atoms with Crippen molar-refractivity contribution >= 4 is 35.8 Å². The zero-order chi connectivity index (χ0) is 20.5. The largest absolute Gasteiger partial charge is 0.356 e. The van der Waals surface area contributed by atoms with Gasteiger partial charge in [0.15, 0.2) is 5.96 Å². The van der Waals surface area contributed by atoms with E-state index in [1.54, 1.807) is 19.0 Å². The van der Waals surface area contributed by atoms with Gasteiger partial charge >= 0.3 is 0 Å². The summed E-state index contributed by atoms with van der Waals surface area (Å²) in [7, 11) is 3.52. The summed E-state index contributed by atoms with van der Waals surface area (Å²) in [6.07, 6.45) is 3.41. The third-order valence-electron chi connectivity index (χ3n) is 5.59. The van der Waals surface area contributed by atoms with Crippen molar-refractivity contribution in [2.75, 3.05) is 46.8 Å². The molecule has 1 aromatic carbocycles. The van der Waals surface area contributed by atoms with Gasteiger partial charge < -0.3 is 15.5 Å². The number of carbonyl (C=O) groups is 1. The summed E-state index contributed by atoms with van der Waals surface area (Å²) in [4.78, 5) is 20.5. The third kappa shape index (κ3) is 8.12. The molecule has 1 aliphatic rings. The molecule has 2 rings (SSSR count). The Labute approximate surface area is 193 Å². The second-order valence-electron chi connectivity index (χ2n) is 7.81. The van der Waals surface area contributed by atoms with Crippen LogP contribution >= 0.6 is 24.0 Å². The third-order valence-corrected chi connectivity index (χ3v) is 5.59. The lowest BCUT2D eigenvalue weighted by Crippen LogP contribution is -2.45. The van der Waals surface area contributed by atoms with Crippen LogP contribution < -0.4 is 10.6 Å². The molecule has 7 heteroatoms. The maximum Gasteiger partial charge on any atom is 0.243 e. The Morgan fingerprint density at radius 1 is 1.24 bits per heavy atom. The maximum absolute atomic E-state index is 11.9. The lowest BCUT2D eigenvalue weighted by molar-refractivity contribution is -0.127. The van der Waals surface area contributed by atoms with Crippen molar-refractivity contribution < 1.29 is 4.79 Å². The van der Waals surface area contributed by atoms with E-state index >= 15 is 0 Å². The van der Waals surface area contributed by atoms with Crippen LogP contribution in [0.5, 0.6) is 0 Å². The van der Waals surface area contributed by atoms with Gasteiger partial charge in [0.1, 0.15) is 6.54 Å². The number of carbonyl (C=O) groups excluding carboxylic acids is 1. The van der Waals surface area contributed by atoms with Gasteiger partial charge in [-0.2, -0.15) is 0 Å². The molecule has 29 heavy (non-hydrogen) atoms. The molecular weight excluding hydrogens is 477 g/mol. The predicted molar refractivity (Wildman–Crippen MR) is 132 cm³/mol. The second-order valence-corrected chi connectivity index (χ2v) is 7.81. The zero-order valence-electron chi connectivity index (χ0n) is 18.6. The Morgan fingerprint density at radius 3 is 2.55 bits per heavy atom. The highest BCUT2D eigenvalue weighted by Crippen LogP contribution is 2.15. The molecule has 0 bridgehead atoms. The van der Waals surface area contributed by atoms with Crippen LogP contribution in [0.1, 0.15) is 36.5 Å². The molecule has 6 nitrogen and oxygen atoms in total. The zero-order valence-corrected chi connectivity index (χ0v) is 21.0. The van der Waals surface area contributed by atoms with Gasteiger partial charge in [-0.15, -0.1) is 24.0 Å².